The van der Waals surface area contributed by atoms with Crippen LogP contribution in [-0.2, 0) is 5.41 Å². The highest BCUT2D eigenvalue weighted by Gasteiger charge is 2.37. The highest BCUT2D eigenvalue weighted by atomic mass is 15.2. The molecule has 1 aliphatic carbocycles. The lowest BCUT2D eigenvalue weighted by molar-refractivity contribution is 0.631. The van der Waals surface area contributed by atoms with E-state index in [-0.39, 0.29) is 5.41 Å². The average Bonchev–Trinajstić information content (AvgIpc) is 3.23. The van der Waals surface area contributed by atoms with E-state index in [2.05, 4.69) is 219 Å². The van der Waals surface area contributed by atoms with Gasteiger partial charge in [-0.05, 0) is 125 Å². The van der Waals surface area contributed by atoms with E-state index in [0.717, 1.165) is 35.6 Å². The molecule has 54 heavy (non-hydrogen) atoms. The van der Waals surface area contributed by atoms with Crippen molar-refractivity contribution < 1.29 is 0 Å². The van der Waals surface area contributed by atoms with Crippen LogP contribution in [0.5, 0.6) is 0 Å². The fourth-order valence-electron chi connectivity index (χ4n) is 8.20. The normalized spacial score (nSPS) is 14.2. The van der Waals surface area contributed by atoms with E-state index in [9.17, 15) is 0 Å². The van der Waals surface area contributed by atoms with Crippen molar-refractivity contribution in [1.29, 1.82) is 0 Å². The Morgan fingerprint density at radius 1 is 0.481 bits per heavy atom. The minimum absolute atomic E-state index is 0.236. The number of rotatable bonds is 7. The van der Waals surface area contributed by atoms with Crippen molar-refractivity contribution in [1.82, 2.24) is 0 Å². The van der Waals surface area contributed by atoms with E-state index in [0.29, 0.717) is 0 Å². The van der Waals surface area contributed by atoms with Crippen LogP contribution in [-0.4, -0.2) is 0 Å². The van der Waals surface area contributed by atoms with Crippen LogP contribution in [0.1, 0.15) is 48.9 Å². The number of fused-ring (bicyclic) bond motifs is 2. The summed E-state index contributed by atoms with van der Waals surface area (Å²) in [7, 11) is 0. The van der Waals surface area contributed by atoms with E-state index >= 15 is 0 Å². The molecule has 1 heterocycles. The predicted octanol–water partition coefficient (Wildman–Crippen LogP) is 14.6. The van der Waals surface area contributed by atoms with Crippen molar-refractivity contribution in [3.63, 3.8) is 0 Å². The first kappa shape index (κ1) is 33.5. The molecule has 0 spiro atoms. The molecule has 9 rings (SSSR count). The number of benzene rings is 7. The number of hydrogen-bond donors (Lipinski definition) is 0. The SMILES string of the molecule is Cc1ccc2c(c1)C(C)(C)c1cc(N(c3ccc(C4=CCCC=C4)cc3)c3ccc(-c4ccccc4)cc3)ccc1N2c1ccc(-c2ccccc2)cc1. The van der Waals surface area contributed by atoms with E-state index < -0.39 is 0 Å². The number of anilines is 6. The minimum Gasteiger partial charge on any atom is -0.310 e. The van der Waals surface area contributed by atoms with Crippen molar-refractivity contribution in [3.05, 3.63) is 210 Å². The lowest BCUT2D eigenvalue weighted by Crippen LogP contribution is -2.31. The van der Waals surface area contributed by atoms with Gasteiger partial charge in [0.15, 0.2) is 0 Å². The zero-order valence-electron chi connectivity index (χ0n) is 31.2. The van der Waals surface area contributed by atoms with E-state index in [4.69, 9.17) is 0 Å². The second-order valence-corrected chi connectivity index (χ2v) is 15.0. The second kappa shape index (κ2) is 13.9. The summed E-state index contributed by atoms with van der Waals surface area (Å²) < 4.78 is 0. The molecule has 0 N–H and O–H groups in total. The summed E-state index contributed by atoms with van der Waals surface area (Å²) in [6.07, 6.45) is 9.09. The average molecular weight is 697 g/mol. The molecule has 0 unspecified atom stereocenters. The van der Waals surface area contributed by atoms with Crippen LogP contribution in [0.15, 0.2) is 188 Å². The Hall–Kier alpha value is -6.38. The molecule has 0 fully saturated rings. The first-order valence-corrected chi connectivity index (χ1v) is 19.1. The molecule has 2 nitrogen and oxygen atoms in total. The molecule has 2 aliphatic rings. The molecule has 7 aromatic rings. The quantitative estimate of drug-likeness (QED) is 0.164. The van der Waals surface area contributed by atoms with Crippen LogP contribution in [0.3, 0.4) is 0 Å². The standard InChI is InChI=1S/C52H44N2/c1-37-19-33-50-48(35-37)52(2,3)49-36-47(32-34-51(49)54(50)46-30-24-43(25-31-46)40-17-11-6-12-18-40)53(44-26-20-41(21-27-44)38-13-7-4-8-14-38)45-28-22-42(23-29-45)39-15-9-5-10-16-39/h4,6-9,11-36H,5,10H2,1-3H3. The Labute approximate surface area is 320 Å². The summed E-state index contributed by atoms with van der Waals surface area (Å²) in [4.78, 5) is 4.86. The maximum atomic E-state index is 2.45. The Balaban J connectivity index is 1.17. The maximum Gasteiger partial charge on any atom is 0.0504 e. The van der Waals surface area contributed by atoms with Gasteiger partial charge in [-0.3, -0.25) is 0 Å². The topological polar surface area (TPSA) is 6.48 Å². The van der Waals surface area contributed by atoms with E-state index in [1.807, 2.05) is 0 Å². The van der Waals surface area contributed by atoms with Gasteiger partial charge in [0, 0.05) is 28.2 Å². The van der Waals surface area contributed by atoms with Crippen molar-refractivity contribution in [2.75, 3.05) is 9.80 Å². The molecule has 7 aromatic carbocycles. The molecule has 2 heteroatoms. The van der Waals surface area contributed by atoms with E-state index in [1.165, 1.54) is 61.5 Å². The number of allylic oxidation sites excluding steroid dienone is 4. The summed E-state index contributed by atoms with van der Waals surface area (Å²) in [5, 5.41) is 0. The van der Waals surface area contributed by atoms with Crippen LogP contribution in [0, 0.1) is 6.92 Å². The Kier molecular flexibility index (Phi) is 8.60. The fourth-order valence-corrected chi connectivity index (χ4v) is 8.20. The third-order valence-electron chi connectivity index (χ3n) is 11.1. The van der Waals surface area contributed by atoms with Gasteiger partial charge in [0.05, 0.1) is 11.4 Å². The predicted molar refractivity (Wildman–Crippen MR) is 230 cm³/mol. The van der Waals surface area contributed by atoms with Crippen LogP contribution in [0.4, 0.5) is 34.1 Å². The first-order chi connectivity index (χ1) is 26.4. The van der Waals surface area contributed by atoms with Gasteiger partial charge < -0.3 is 9.80 Å². The van der Waals surface area contributed by atoms with Crippen molar-refractivity contribution in [3.8, 4) is 22.3 Å². The van der Waals surface area contributed by atoms with Gasteiger partial charge in [-0.1, -0.05) is 147 Å². The summed E-state index contributed by atoms with van der Waals surface area (Å²) in [6, 6.07) is 62.3. The Morgan fingerprint density at radius 2 is 0.981 bits per heavy atom. The van der Waals surface area contributed by atoms with Crippen LogP contribution in [0.25, 0.3) is 27.8 Å². The molecule has 0 atom stereocenters. The number of aryl methyl sites for hydroxylation is 1. The van der Waals surface area contributed by atoms with Crippen molar-refractivity contribution in [2.24, 2.45) is 0 Å². The van der Waals surface area contributed by atoms with Gasteiger partial charge in [-0.15, -0.1) is 0 Å². The van der Waals surface area contributed by atoms with Gasteiger partial charge in [-0.25, -0.2) is 0 Å². The minimum atomic E-state index is -0.236. The van der Waals surface area contributed by atoms with Crippen LogP contribution < -0.4 is 9.80 Å². The molecule has 0 saturated carbocycles. The molecular weight excluding hydrogens is 653 g/mol. The molecule has 262 valence electrons. The van der Waals surface area contributed by atoms with Crippen LogP contribution in [0.2, 0.25) is 0 Å². The molecule has 0 bridgehead atoms. The largest absolute Gasteiger partial charge is 0.310 e. The van der Waals surface area contributed by atoms with Crippen molar-refractivity contribution in [2.45, 2.75) is 39.0 Å². The Morgan fingerprint density at radius 3 is 1.56 bits per heavy atom. The molecule has 0 amide bonds. The van der Waals surface area contributed by atoms with Gasteiger partial charge in [0.2, 0.25) is 0 Å². The molecule has 0 radical (unpaired) electrons. The second-order valence-electron chi connectivity index (χ2n) is 15.0. The lowest BCUT2D eigenvalue weighted by atomic mass is 9.73. The summed E-state index contributed by atoms with van der Waals surface area (Å²) in [5.74, 6) is 0. The molecular formula is C52H44N2. The van der Waals surface area contributed by atoms with E-state index in [1.54, 1.807) is 0 Å². The molecule has 1 aliphatic heterocycles. The third kappa shape index (κ3) is 6.14. The van der Waals surface area contributed by atoms with Gasteiger partial charge in [-0.2, -0.15) is 0 Å². The van der Waals surface area contributed by atoms with Gasteiger partial charge in [0.25, 0.3) is 0 Å². The fraction of sp³-hybridized carbons (Fsp3) is 0.115. The monoisotopic (exact) mass is 696 g/mol. The highest BCUT2D eigenvalue weighted by molar-refractivity contribution is 5.89. The maximum absolute atomic E-state index is 2.45. The van der Waals surface area contributed by atoms with Crippen molar-refractivity contribution >= 4 is 39.7 Å². The summed E-state index contributed by atoms with van der Waals surface area (Å²) >= 11 is 0. The lowest BCUT2D eigenvalue weighted by Gasteiger charge is -2.43. The Bertz CT molecular complexity index is 2490. The third-order valence-corrected chi connectivity index (χ3v) is 11.1. The summed E-state index contributed by atoms with van der Waals surface area (Å²) in [5.41, 5.74) is 18.0. The number of nitrogens with zero attached hydrogens (tertiary/aromatic N) is 2. The number of hydrogen-bond acceptors (Lipinski definition) is 2. The summed E-state index contributed by atoms with van der Waals surface area (Å²) in [6.45, 7) is 6.96. The molecule has 0 saturated heterocycles. The van der Waals surface area contributed by atoms with Gasteiger partial charge >= 0.3 is 0 Å². The smallest absolute Gasteiger partial charge is 0.0504 e. The van der Waals surface area contributed by atoms with Crippen LogP contribution >= 0.6 is 0 Å². The zero-order valence-corrected chi connectivity index (χ0v) is 31.2. The first-order valence-electron chi connectivity index (χ1n) is 19.1. The zero-order chi connectivity index (χ0) is 36.6. The highest BCUT2D eigenvalue weighted by Crippen LogP contribution is 2.53. The van der Waals surface area contributed by atoms with Gasteiger partial charge in [0.1, 0.15) is 0 Å². The molecule has 0 aromatic heterocycles.